The number of ether oxygens (including phenoxy) is 2. The quantitative estimate of drug-likeness (QED) is 0.313. The van der Waals surface area contributed by atoms with Gasteiger partial charge in [-0.05, 0) is 48.9 Å². The molecule has 28 heavy (non-hydrogen) atoms. The standard InChI is InChI=1S/C20H16Cl2N2O4/c1-3-27-19-9-13(4-7-18(19)28-12(2)25)8-14(11-23)20(26)24-17-10-15(21)5-6-16(17)22/h4-10H,3H2,1-2H3,(H,24,26)/b14-8-. The summed E-state index contributed by atoms with van der Waals surface area (Å²) in [6.07, 6.45) is 1.38. The Morgan fingerprint density at radius 2 is 1.93 bits per heavy atom. The van der Waals surface area contributed by atoms with Gasteiger partial charge in [0.1, 0.15) is 11.6 Å². The van der Waals surface area contributed by atoms with Gasteiger partial charge in [-0.3, -0.25) is 9.59 Å². The minimum Gasteiger partial charge on any atom is -0.490 e. The van der Waals surface area contributed by atoms with Crippen LogP contribution in [0.15, 0.2) is 42.0 Å². The number of rotatable bonds is 6. The molecule has 0 fully saturated rings. The number of nitriles is 1. The van der Waals surface area contributed by atoms with Crippen molar-refractivity contribution in [1.82, 2.24) is 0 Å². The van der Waals surface area contributed by atoms with E-state index in [1.807, 2.05) is 6.07 Å². The lowest BCUT2D eigenvalue weighted by Crippen LogP contribution is -2.13. The number of nitrogens with zero attached hydrogens (tertiary/aromatic N) is 1. The summed E-state index contributed by atoms with van der Waals surface area (Å²) >= 11 is 11.9. The van der Waals surface area contributed by atoms with Crippen molar-refractivity contribution in [3.8, 4) is 17.6 Å². The molecule has 0 spiro atoms. The second kappa shape index (κ2) is 9.79. The third-order valence-electron chi connectivity index (χ3n) is 3.37. The lowest BCUT2D eigenvalue weighted by atomic mass is 10.1. The van der Waals surface area contributed by atoms with Gasteiger partial charge in [-0.1, -0.05) is 29.3 Å². The summed E-state index contributed by atoms with van der Waals surface area (Å²) in [7, 11) is 0. The Balaban J connectivity index is 2.31. The molecule has 1 N–H and O–H groups in total. The fourth-order valence-electron chi connectivity index (χ4n) is 2.22. The summed E-state index contributed by atoms with van der Waals surface area (Å²) < 4.78 is 10.5. The van der Waals surface area contributed by atoms with Crippen LogP contribution in [0.3, 0.4) is 0 Å². The van der Waals surface area contributed by atoms with Crippen LogP contribution in [0.25, 0.3) is 6.08 Å². The number of benzene rings is 2. The Labute approximate surface area is 172 Å². The zero-order valence-electron chi connectivity index (χ0n) is 15.1. The molecule has 8 heteroatoms. The second-order valence-electron chi connectivity index (χ2n) is 5.48. The van der Waals surface area contributed by atoms with Gasteiger partial charge in [-0.2, -0.15) is 5.26 Å². The van der Waals surface area contributed by atoms with Gasteiger partial charge in [-0.25, -0.2) is 0 Å². The highest BCUT2D eigenvalue weighted by atomic mass is 35.5. The van der Waals surface area contributed by atoms with Crippen LogP contribution in [0.4, 0.5) is 5.69 Å². The van der Waals surface area contributed by atoms with Crippen molar-refractivity contribution in [2.45, 2.75) is 13.8 Å². The number of anilines is 1. The van der Waals surface area contributed by atoms with Gasteiger partial charge in [0.2, 0.25) is 0 Å². The predicted octanol–water partition coefficient (Wildman–Crippen LogP) is 4.86. The van der Waals surface area contributed by atoms with Crippen LogP contribution in [0.2, 0.25) is 10.0 Å². The lowest BCUT2D eigenvalue weighted by molar-refractivity contribution is -0.132. The maximum Gasteiger partial charge on any atom is 0.308 e. The molecular formula is C20H16Cl2N2O4. The molecule has 0 heterocycles. The van der Waals surface area contributed by atoms with Crippen LogP contribution in [0, 0.1) is 11.3 Å². The molecule has 144 valence electrons. The first-order valence-electron chi connectivity index (χ1n) is 8.17. The average Bonchev–Trinajstić information content (AvgIpc) is 2.64. The molecule has 0 aromatic heterocycles. The van der Waals surface area contributed by atoms with Crippen LogP contribution >= 0.6 is 23.2 Å². The molecule has 2 aromatic rings. The highest BCUT2D eigenvalue weighted by Gasteiger charge is 2.13. The largest absolute Gasteiger partial charge is 0.490 e. The summed E-state index contributed by atoms with van der Waals surface area (Å²) in [5.41, 5.74) is 0.655. The molecular weight excluding hydrogens is 403 g/mol. The van der Waals surface area contributed by atoms with Gasteiger partial charge >= 0.3 is 5.97 Å². The van der Waals surface area contributed by atoms with Gasteiger partial charge in [0.05, 0.1) is 17.3 Å². The number of hydrogen-bond acceptors (Lipinski definition) is 5. The molecule has 0 atom stereocenters. The number of halogens is 2. The number of carbonyl (C=O) groups excluding carboxylic acids is 2. The first-order chi connectivity index (χ1) is 13.3. The molecule has 0 bridgehead atoms. The average molecular weight is 419 g/mol. The molecule has 0 saturated heterocycles. The van der Waals surface area contributed by atoms with E-state index in [1.54, 1.807) is 25.1 Å². The van der Waals surface area contributed by atoms with E-state index in [9.17, 15) is 14.9 Å². The van der Waals surface area contributed by atoms with Crippen LogP contribution in [0.5, 0.6) is 11.5 Å². The molecule has 6 nitrogen and oxygen atoms in total. The third kappa shape index (κ3) is 5.74. The monoisotopic (exact) mass is 418 g/mol. The van der Waals surface area contributed by atoms with E-state index in [1.165, 1.54) is 31.2 Å². The van der Waals surface area contributed by atoms with Gasteiger partial charge in [-0.15, -0.1) is 0 Å². The van der Waals surface area contributed by atoms with Gasteiger partial charge in [0, 0.05) is 11.9 Å². The Kier molecular flexibility index (Phi) is 7.44. The van der Waals surface area contributed by atoms with E-state index < -0.39 is 11.9 Å². The summed E-state index contributed by atoms with van der Waals surface area (Å²) in [5, 5.41) is 12.6. The van der Waals surface area contributed by atoms with Gasteiger partial charge in [0.15, 0.2) is 11.5 Å². The van der Waals surface area contributed by atoms with Gasteiger partial charge in [0.25, 0.3) is 5.91 Å². The minimum atomic E-state index is -0.645. The predicted molar refractivity (Wildman–Crippen MR) is 108 cm³/mol. The SMILES string of the molecule is CCOc1cc(/C=C(/C#N)C(=O)Nc2cc(Cl)ccc2Cl)ccc1OC(C)=O. The number of amides is 1. The van der Waals surface area contributed by atoms with E-state index in [2.05, 4.69) is 5.32 Å². The maximum absolute atomic E-state index is 12.4. The molecule has 2 aromatic carbocycles. The molecule has 0 radical (unpaired) electrons. The second-order valence-corrected chi connectivity index (χ2v) is 6.32. The zero-order chi connectivity index (χ0) is 20.7. The van der Waals surface area contributed by atoms with E-state index in [0.717, 1.165) is 0 Å². The highest BCUT2D eigenvalue weighted by molar-refractivity contribution is 6.36. The molecule has 1 amide bonds. The first-order valence-corrected chi connectivity index (χ1v) is 8.93. The number of hydrogen-bond donors (Lipinski definition) is 1. The molecule has 0 aliphatic heterocycles. The fourth-order valence-corrected chi connectivity index (χ4v) is 2.56. The van der Waals surface area contributed by atoms with E-state index in [4.69, 9.17) is 32.7 Å². The fraction of sp³-hybridized carbons (Fsp3) is 0.150. The van der Waals surface area contributed by atoms with Gasteiger partial charge < -0.3 is 14.8 Å². The highest BCUT2D eigenvalue weighted by Crippen LogP contribution is 2.30. The van der Waals surface area contributed by atoms with Crippen LogP contribution in [-0.4, -0.2) is 18.5 Å². The molecule has 0 aliphatic rings. The number of carbonyl (C=O) groups is 2. The van der Waals surface area contributed by atoms with Crippen LogP contribution in [0.1, 0.15) is 19.4 Å². The Morgan fingerprint density at radius 3 is 2.57 bits per heavy atom. The number of nitrogens with one attached hydrogen (secondary N) is 1. The summed E-state index contributed by atoms with van der Waals surface area (Å²) in [4.78, 5) is 23.6. The van der Waals surface area contributed by atoms with Crippen molar-refractivity contribution in [3.05, 3.63) is 57.6 Å². The van der Waals surface area contributed by atoms with E-state index in [0.29, 0.717) is 33.7 Å². The Bertz CT molecular complexity index is 981. The Morgan fingerprint density at radius 1 is 1.18 bits per heavy atom. The lowest BCUT2D eigenvalue weighted by Gasteiger charge is -2.11. The van der Waals surface area contributed by atoms with Crippen molar-refractivity contribution < 1.29 is 19.1 Å². The minimum absolute atomic E-state index is 0.154. The van der Waals surface area contributed by atoms with Crippen LogP contribution < -0.4 is 14.8 Å². The molecule has 0 saturated carbocycles. The van der Waals surface area contributed by atoms with Crippen LogP contribution in [-0.2, 0) is 9.59 Å². The molecule has 0 aliphatic carbocycles. The van der Waals surface area contributed by atoms with E-state index in [-0.39, 0.29) is 11.3 Å². The molecule has 2 rings (SSSR count). The van der Waals surface area contributed by atoms with Crippen molar-refractivity contribution in [1.29, 1.82) is 5.26 Å². The zero-order valence-corrected chi connectivity index (χ0v) is 16.6. The van der Waals surface area contributed by atoms with Crippen molar-refractivity contribution in [2.24, 2.45) is 0 Å². The smallest absolute Gasteiger partial charge is 0.308 e. The molecule has 0 unspecified atom stereocenters. The van der Waals surface area contributed by atoms with E-state index >= 15 is 0 Å². The van der Waals surface area contributed by atoms with Crippen molar-refractivity contribution >= 4 is 46.8 Å². The normalized spacial score (nSPS) is 10.8. The summed E-state index contributed by atoms with van der Waals surface area (Å²) in [6, 6.07) is 11.1. The summed E-state index contributed by atoms with van der Waals surface area (Å²) in [6.45, 7) is 3.41. The Hall–Kier alpha value is -3.01. The third-order valence-corrected chi connectivity index (χ3v) is 3.94. The van der Waals surface area contributed by atoms with Crippen molar-refractivity contribution in [2.75, 3.05) is 11.9 Å². The topological polar surface area (TPSA) is 88.4 Å². The van der Waals surface area contributed by atoms with Crippen molar-refractivity contribution in [3.63, 3.8) is 0 Å². The maximum atomic E-state index is 12.4. The number of esters is 1. The first kappa shape index (κ1) is 21.3. The summed E-state index contributed by atoms with van der Waals surface area (Å²) in [5.74, 6) is -0.560.